The summed E-state index contributed by atoms with van der Waals surface area (Å²) in [5, 5.41) is 11.8. The zero-order valence-electron chi connectivity index (χ0n) is 51.9. The van der Waals surface area contributed by atoms with Crippen molar-refractivity contribution in [3.05, 3.63) is 24.3 Å². The maximum Gasteiger partial charge on any atom is 0.306 e. The Hall–Kier alpha value is -2.23. The number of nitrogens with zero attached hydrogens (tertiary/aromatic N) is 1. The van der Waals surface area contributed by atoms with Gasteiger partial charge in [0.25, 0.3) is 0 Å². The molecule has 454 valence electrons. The predicted molar refractivity (Wildman–Crippen MR) is 325 cm³/mol. The van der Waals surface area contributed by atoms with Crippen LogP contribution in [0.4, 0.5) is 0 Å². The lowest BCUT2D eigenvalue weighted by Gasteiger charge is -2.26. The highest BCUT2D eigenvalue weighted by atomic mass is 16.7. The molecule has 0 bridgehead atoms. The number of allylic oxidation sites excluding steroid dienone is 4. The number of carbonyl (C=O) groups is 3. The van der Waals surface area contributed by atoms with Crippen LogP contribution in [0.15, 0.2) is 24.3 Å². The maximum absolute atomic E-state index is 12.9. The zero-order valence-corrected chi connectivity index (χ0v) is 51.9. The average Bonchev–Trinajstić information content (AvgIpc) is 3.40. The molecule has 0 saturated heterocycles. The van der Waals surface area contributed by atoms with E-state index in [4.69, 9.17) is 18.9 Å². The molecule has 0 fully saturated rings. The molecule has 0 heterocycles. The van der Waals surface area contributed by atoms with Crippen molar-refractivity contribution < 1.29 is 42.9 Å². The Bertz CT molecular complexity index is 1310. The fraction of sp³-hybridized carbons (Fsp3) is 0.897. The van der Waals surface area contributed by atoms with Crippen molar-refractivity contribution in [3.63, 3.8) is 0 Å². The third-order valence-corrected chi connectivity index (χ3v) is 15.2. The molecule has 0 saturated carbocycles. The lowest BCUT2D eigenvalue weighted by atomic mass is 10.0. The van der Waals surface area contributed by atoms with Crippen molar-refractivity contribution >= 4 is 17.9 Å². The summed E-state index contributed by atoms with van der Waals surface area (Å²) in [7, 11) is 5.94. The van der Waals surface area contributed by atoms with Crippen LogP contribution in [0.2, 0.25) is 0 Å². The number of ether oxygens (including phenoxy) is 4. The van der Waals surface area contributed by atoms with Crippen LogP contribution >= 0.6 is 0 Å². The fourth-order valence-electron chi connectivity index (χ4n) is 10.0. The lowest BCUT2D eigenvalue weighted by molar-refractivity contribution is -0.870. The third-order valence-electron chi connectivity index (χ3n) is 15.2. The molecule has 2 atom stereocenters. The standard InChI is InChI=1S/C68H129NO8/c1-6-8-10-12-14-16-18-20-22-23-24-25-26-27-28-29-30-31-32-33-34-35-36-37-38-39-40-41-42-43-45-47-49-51-53-55-57-59-66(71)77-64(63-76-68(67(72)73)74-61-60-69(3,4)5)62-75-65(70)58-56-54-52-50-48-46-44-21-19-17-15-13-11-9-7-2/h18,20,23-24,64,68H,6-17,19,21-22,25-63H2,1-5H3/b20-18-,24-23-. The molecule has 0 rings (SSSR count). The second kappa shape index (κ2) is 59.9. The third kappa shape index (κ3) is 61.2. The smallest absolute Gasteiger partial charge is 0.306 e. The minimum Gasteiger partial charge on any atom is -0.545 e. The average molecular weight is 1090 g/mol. The molecule has 9 heteroatoms. The van der Waals surface area contributed by atoms with Gasteiger partial charge in [-0.1, -0.05) is 301 Å². The summed E-state index contributed by atoms with van der Waals surface area (Å²) in [6, 6.07) is 0. The van der Waals surface area contributed by atoms with Gasteiger partial charge in [-0.2, -0.15) is 0 Å². The van der Waals surface area contributed by atoms with E-state index in [1.807, 2.05) is 21.1 Å². The molecule has 0 aliphatic rings. The number of aliphatic carboxylic acids is 1. The summed E-state index contributed by atoms with van der Waals surface area (Å²) in [5.41, 5.74) is 0. The van der Waals surface area contributed by atoms with Gasteiger partial charge >= 0.3 is 11.9 Å². The number of hydrogen-bond acceptors (Lipinski definition) is 8. The molecule has 0 aromatic carbocycles. The molecule has 9 nitrogen and oxygen atoms in total. The highest BCUT2D eigenvalue weighted by Crippen LogP contribution is 2.18. The molecule has 0 spiro atoms. The van der Waals surface area contributed by atoms with Gasteiger partial charge in [-0.3, -0.25) is 9.59 Å². The largest absolute Gasteiger partial charge is 0.545 e. The van der Waals surface area contributed by atoms with Crippen molar-refractivity contribution in [1.82, 2.24) is 0 Å². The second-order valence-electron chi connectivity index (χ2n) is 24.1. The molecule has 77 heavy (non-hydrogen) atoms. The molecule has 0 N–H and O–H groups in total. The van der Waals surface area contributed by atoms with Crippen LogP contribution in [0.3, 0.4) is 0 Å². The number of esters is 2. The van der Waals surface area contributed by atoms with Crippen molar-refractivity contribution in [2.45, 2.75) is 347 Å². The van der Waals surface area contributed by atoms with E-state index < -0.39 is 24.3 Å². The number of unbranched alkanes of at least 4 members (excludes halogenated alkanes) is 44. The van der Waals surface area contributed by atoms with Crippen LogP contribution in [0.25, 0.3) is 0 Å². The van der Waals surface area contributed by atoms with E-state index >= 15 is 0 Å². The van der Waals surface area contributed by atoms with Crippen LogP contribution in [0, 0.1) is 0 Å². The van der Waals surface area contributed by atoms with E-state index in [1.165, 1.54) is 263 Å². The summed E-state index contributed by atoms with van der Waals surface area (Å²) >= 11 is 0. The number of quaternary nitrogens is 1. The number of carbonyl (C=O) groups excluding carboxylic acids is 3. The number of hydrogen-bond donors (Lipinski definition) is 0. The van der Waals surface area contributed by atoms with Crippen LogP contribution in [0.5, 0.6) is 0 Å². The monoisotopic (exact) mass is 1090 g/mol. The van der Waals surface area contributed by atoms with Crippen molar-refractivity contribution in [1.29, 1.82) is 0 Å². The lowest BCUT2D eigenvalue weighted by Crippen LogP contribution is -2.44. The summed E-state index contributed by atoms with van der Waals surface area (Å²) in [5.74, 6) is -2.25. The molecular weight excluding hydrogens is 959 g/mol. The molecule has 0 amide bonds. The minimum atomic E-state index is -1.62. The topological polar surface area (TPSA) is 111 Å². The SMILES string of the molecule is CCCCCCC/C=C\C/C=C\CCCCCCCCCCCCCCCCCCCCCCCCCCCC(=O)OC(COC(=O)CCCCCCCCCCCCCCCCC)COC(OCC[N+](C)(C)C)C(=O)[O-]. The predicted octanol–water partition coefficient (Wildman–Crippen LogP) is 18.9. The van der Waals surface area contributed by atoms with Crippen LogP contribution in [0.1, 0.15) is 335 Å². The quantitative estimate of drug-likeness (QED) is 0.0195. The molecule has 2 unspecified atom stereocenters. The Balaban J connectivity index is 3.95. The summed E-state index contributed by atoms with van der Waals surface area (Å²) in [6.45, 7) is 4.80. The molecule has 0 aromatic rings. The van der Waals surface area contributed by atoms with Crippen LogP contribution in [-0.2, 0) is 33.3 Å². The Labute approximate surface area is 478 Å². The highest BCUT2D eigenvalue weighted by Gasteiger charge is 2.22. The van der Waals surface area contributed by atoms with Crippen LogP contribution < -0.4 is 5.11 Å². The van der Waals surface area contributed by atoms with Gasteiger partial charge in [0, 0.05) is 12.8 Å². The van der Waals surface area contributed by atoms with E-state index in [2.05, 4.69) is 38.2 Å². The fourth-order valence-corrected chi connectivity index (χ4v) is 10.0. The highest BCUT2D eigenvalue weighted by molar-refractivity contribution is 5.70. The number of carboxylic acid groups (broad SMARTS) is 1. The van der Waals surface area contributed by atoms with E-state index in [0.29, 0.717) is 17.4 Å². The van der Waals surface area contributed by atoms with E-state index in [9.17, 15) is 19.5 Å². The number of carboxylic acids is 1. The Kier molecular flexibility index (Phi) is 58.1. The summed E-state index contributed by atoms with van der Waals surface area (Å²) in [6.07, 6.45) is 69.8. The van der Waals surface area contributed by atoms with Crippen molar-refractivity contribution in [2.24, 2.45) is 0 Å². The normalized spacial score (nSPS) is 12.8. The Morgan fingerprint density at radius 1 is 0.390 bits per heavy atom. The van der Waals surface area contributed by atoms with Gasteiger partial charge in [0.15, 0.2) is 12.4 Å². The molecule has 0 aromatic heterocycles. The molecule has 0 radical (unpaired) electrons. The first-order valence-corrected chi connectivity index (χ1v) is 33.5. The molecular formula is C68H129NO8. The Morgan fingerprint density at radius 2 is 0.701 bits per heavy atom. The van der Waals surface area contributed by atoms with E-state index in [1.54, 1.807) is 0 Å². The first-order chi connectivity index (χ1) is 37.6. The summed E-state index contributed by atoms with van der Waals surface area (Å²) in [4.78, 5) is 37.3. The van der Waals surface area contributed by atoms with Gasteiger partial charge in [-0.15, -0.1) is 0 Å². The van der Waals surface area contributed by atoms with Gasteiger partial charge in [0.1, 0.15) is 13.2 Å². The van der Waals surface area contributed by atoms with Gasteiger partial charge in [-0.25, -0.2) is 0 Å². The zero-order chi connectivity index (χ0) is 56.2. The minimum absolute atomic E-state index is 0.152. The molecule has 0 aliphatic heterocycles. The van der Waals surface area contributed by atoms with Gasteiger partial charge in [-0.05, 0) is 44.9 Å². The van der Waals surface area contributed by atoms with Gasteiger partial charge in [0.05, 0.1) is 40.3 Å². The molecule has 0 aliphatic carbocycles. The maximum atomic E-state index is 12.9. The Morgan fingerprint density at radius 3 is 1.03 bits per heavy atom. The first-order valence-electron chi connectivity index (χ1n) is 33.5. The summed E-state index contributed by atoms with van der Waals surface area (Å²) < 4.78 is 22.8. The van der Waals surface area contributed by atoms with E-state index in [-0.39, 0.29) is 32.2 Å². The second-order valence-corrected chi connectivity index (χ2v) is 24.1. The number of likely N-dealkylation sites (N-methyl/N-ethyl adjacent to an activating group) is 1. The van der Waals surface area contributed by atoms with Gasteiger partial charge in [0.2, 0.25) is 0 Å². The van der Waals surface area contributed by atoms with Crippen LogP contribution in [-0.4, -0.2) is 82.3 Å². The number of rotatable bonds is 63. The van der Waals surface area contributed by atoms with Crippen molar-refractivity contribution in [2.75, 3.05) is 47.5 Å². The first kappa shape index (κ1) is 74.8. The van der Waals surface area contributed by atoms with Crippen molar-refractivity contribution in [3.8, 4) is 0 Å². The van der Waals surface area contributed by atoms with Gasteiger partial charge < -0.3 is 33.3 Å². The van der Waals surface area contributed by atoms with E-state index in [0.717, 1.165) is 44.9 Å².